The van der Waals surface area contributed by atoms with E-state index in [4.69, 9.17) is 9.84 Å². The van der Waals surface area contributed by atoms with Gasteiger partial charge in [-0.15, -0.1) is 0 Å². The molecule has 0 saturated carbocycles. The van der Waals surface area contributed by atoms with Crippen LogP contribution in [0.25, 0.3) is 0 Å². The number of aliphatic carboxylic acids is 1. The van der Waals surface area contributed by atoms with Crippen molar-refractivity contribution in [3.63, 3.8) is 0 Å². The maximum atomic E-state index is 10.9. The molecule has 0 aromatic carbocycles. The topological polar surface area (TPSA) is 58.6 Å². The second-order valence-corrected chi connectivity index (χ2v) is 4.70. The minimum atomic E-state index is -0.762. The van der Waals surface area contributed by atoms with Gasteiger partial charge in [0.1, 0.15) is 6.04 Å². The van der Waals surface area contributed by atoms with Crippen molar-refractivity contribution in [2.45, 2.75) is 31.4 Å². The Morgan fingerprint density at radius 3 is 3.07 bits per heavy atom. The van der Waals surface area contributed by atoms with Crippen molar-refractivity contribution in [3.8, 4) is 0 Å². The Labute approximate surface area is 94.8 Å². The lowest BCUT2D eigenvalue weighted by atomic mass is 10.2. The van der Waals surface area contributed by atoms with E-state index in [-0.39, 0.29) is 6.10 Å². The van der Waals surface area contributed by atoms with Crippen molar-refractivity contribution in [2.24, 2.45) is 0 Å². The van der Waals surface area contributed by atoms with Crippen LogP contribution in [0.1, 0.15) is 19.3 Å². The van der Waals surface area contributed by atoms with Gasteiger partial charge in [-0.25, -0.2) is 0 Å². The lowest BCUT2D eigenvalue weighted by molar-refractivity contribution is -0.139. The highest BCUT2D eigenvalue weighted by atomic mass is 32.2. The standard InChI is InChI=1S/C10H19NO3S/c1-15-6-4-9(10(12)13)11-7-8-3-2-5-14-8/h8-9,11H,2-7H2,1H3,(H,12,13). The number of ether oxygens (including phenoxy) is 1. The lowest BCUT2D eigenvalue weighted by Crippen LogP contribution is -2.41. The first-order valence-corrected chi connectivity index (χ1v) is 6.70. The maximum Gasteiger partial charge on any atom is 0.320 e. The molecule has 4 nitrogen and oxygen atoms in total. The Balaban J connectivity index is 2.20. The first-order valence-electron chi connectivity index (χ1n) is 5.30. The Kier molecular flexibility index (Phi) is 6.05. The van der Waals surface area contributed by atoms with Crippen molar-refractivity contribution < 1.29 is 14.6 Å². The zero-order valence-corrected chi connectivity index (χ0v) is 9.89. The van der Waals surface area contributed by atoms with Gasteiger partial charge in [0.25, 0.3) is 0 Å². The maximum absolute atomic E-state index is 10.9. The molecule has 2 atom stereocenters. The van der Waals surface area contributed by atoms with Gasteiger partial charge >= 0.3 is 5.97 Å². The average Bonchev–Trinajstić information content (AvgIpc) is 2.70. The SMILES string of the molecule is CSCCC(NCC1CCCO1)C(=O)O. The molecule has 0 aromatic heterocycles. The van der Waals surface area contributed by atoms with Crippen LogP contribution in [0.2, 0.25) is 0 Å². The fourth-order valence-electron chi connectivity index (χ4n) is 1.63. The molecule has 0 aromatic rings. The van der Waals surface area contributed by atoms with Gasteiger partial charge in [0.05, 0.1) is 6.10 Å². The molecule has 0 aliphatic carbocycles. The predicted molar refractivity (Wildman–Crippen MR) is 61.4 cm³/mol. The molecule has 1 aliphatic heterocycles. The number of carboxylic acid groups (broad SMARTS) is 1. The van der Waals surface area contributed by atoms with Crippen LogP contribution in [0.4, 0.5) is 0 Å². The number of hydrogen-bond acceptors (Lipinski definition) is 4. The van der Waals surface area contributed by atoms with Crippen molar-refractivity contribution in [2.75, 3.05) is 25.2 Å². The molecule has 1 heterocycles. The molecule has 88 valence electrons. The Hall–Kier alpha value is -0.260. The van der Waals surface area contributed by atoms with Crippen molar-refractivity contribution in [1.29, 1.82) is 0 Å². The van der Waals surface area contributed by atoms with Gasteiger partial charge < -0.3 is 15.2 Å². The average molecular weight is 233 g/mol. The zero-order valence-electron chi connectivity index (χ0n) is 9.07. The molecular formula is C10H19NO3S. The molecule has 1 fully saturated rings. The fourth-order valence-corrected chi connectivity index (χ4v) is 2.10. The molecule has 0 spiro atoms. The molecule has 15 heavy (non-hydrogen) atoms. The first kappa shape index (κ1) is 12.8. The number of thioether (sulfide) groups is 1. The Morgan fingerprint density at radius 2 is 2.53 bits per heavy atom. The molecule has 1 saturated heterocycles. The molecular weight excluding hydrogens is 214 g/mol. The minimum absolute atomic E-state index is 0.209. The van der Waals surface area contributed by atoms with E-state index in [1.807, 2.05) is 6.26 Å². The highest BCUT2D eigenvalue weighted by Gasteiger charge is 2.20. The molecule has 2 N–H and O–H groups in total. The third-order valence-electron chi connectivity index (χ3n) is 2.52. The summed E-state index contributed by atoms with van der Waals surface area (Å²) in [6, 6.07) is -0.429. The fraction of sp³-hybridized carbons (Fsp3) is 0.900. The first-order chi connectivity index (χ1) is 7.24. The Morgan fingerprint density at radius 1 is 1.73 bits per heavy atom. The summed E-state index contributed by atoms with van der Waals surface area (Å²) in [5.74, 6) is 0.109. The highest BCUT2D eigenvalue weighted by Crippen LogP contribution is 2.11. The summed E-state index contributed by atoms with van der Waals surface area (Å²) in [4.78, 5) is 10.9. The van der Waals surface area contributed by atoms with Crippen molar-refractivity contribution in [3.05, 3.63) is 0 Å². The predicted octanol–water partition coefficient (Wildman–Crippen LogP) is 0.961. The second-order valence-electron chi connectivity index (χ2n) is 3.72. The van der Waals surface area contributed by atoms with E-state index < -0.39 is 12.0 Å². The Bertz CT molecular complexity index is 195. The van der Waals surface area contributed by atoms with E-state index in [1.165, 1.54) is 0 Å². The van der Waals surface area contributed by atoms with Crippen molar-refractivity contribution >= 4 is 17.7 Å². The highest BCUT2D eigenvalue weighted by molar-refractivity contribution is 7.98. The quantitative estimate of drug-likeness (QED) is 0.686. The number of carbonyl (C=O) groups is 1. The van der Waals surface area contributed by atoms with E-state index in [1.54, 1.807) is 11.8 Å². The summed E-state index contributed by atoms with van der Waals surface area (Å²) in [5, 5.41) is 12.0. The van der Waals surface area contributed by atoms with Gasteiger partial charge in [-0.1, -0.05) is 0 Å². The van der Waals surface area contributed by atoms with Crippen molar-refractivity contribution in [1.82, 2.24) is 5.32 Å². The van der Waals surface area contributed by atoms with Gasteiger partial charge in [-0.2, -0.15) is 11.8 Å². The summed E-state index contributed by atoms with van der Waals surface area (Å²) in [6.07, 6.45) is 5.00. The van der Waals surface area contributed by atoms with Gasteiger partial charge in [-0.05, 0) is 31.3 Å². The van der Waals surface area contributed by atoms with Gasteiger partial charge in [0, 0.05) is 13.2 Å². The number of nitrogens with one attached hydrogen (secondary N) is 1. The third kappa shape index (κ3) is 4.86. The minimum Gasteiger partial charge on any atom is -0.480 e. The molecule has 2 unspecified atom stereocenters. The zero-order chi connectivity index (χ0) is 11.1. The van der Waals surface area contributed by atoms with Crippen LogP contribution in [0.5, 0.6) is 0 Å². The number of rotatable bonds is 7. The summed E-state index contributed by atoms with van der Waals surface area (Å²) < 4.78 is 5.43. The molecule has 0 bridgehead atoms. The normalized spacial score (nSPS) is 22.9. The van der Waals surface area contributed by atoms with Crippen LogP contribution >= 0.6 is 11.8 Å². The molecule has 1 aliphatic rings. The molecule has 0 amide bonds. The second kappa shape index (κ2) is 7.09. The van der Waals surface area contributed by atoms with Crippen LogP contribution < -0.4 is 5.32 Å². The monoisotopic (exact) mass is 233 g/mol. The van der Waals surface area contributed by atoms with E-state index in [2.05, 4.69) is 5.32 Å². The summed E-state index contributed by atoms with van der Waals surface area (Å²) in [5.41, 5.74) is 0. The van der Waals surface area contributed by atoms with E-state index in [0.29, 0.717) is 13.0 Å². The lowest BCUT2D eigenvalue weighted by Gasteiger charge is -2.16. The summed E-state index contributed by atoms with van der Waals surface area (Å²) >= 11 is 1.67. The molecule has 5 heteroatoms. The van der Waals surface area contributed by atoms with Crippen LogP contribution in [-0.4, -0.2) is 48.4 Å². The molecule has 1 rings (SSSR count). The number of carboxylic acids is 1. The van der Waals surface area contributed by atoms with E-state index in [9.17, 15) is 4.79 Å². The van der Waals surface area contributed by atoms with Gasteiger partial charge in [0.15, 0.2) is 0 Å². The molecule has 0 radical (unpaired) electrons. The number of hydrogen-bond donors (Lipinski definition) is 2. The summed E-state index contributed by atoms with van der Waals surface area (Å²) in [6.45, 7) is 1.47. The van der Waals surface area contributed by atoms with E-state index in [0.717, 1.165) is 25.2 Å². The van der Waals surface area contributed by atoms with Gasteiger partial charge in [-0.3, -0.25) is 4.79 Å². The van der Waals surface area contributed by atoms with E-state index >= 15 is 0 Å². The van der Waals surface area contributed by atoms with Crippen LogP contribution in [-0.2, 0) is 9.53 Å². The largest absolute Gasteiger partial charge is 0.480 e. The van der Waals surface area contributed by atoms with Crippen LogP contribution in [0.3, 0.4) is 0 Å². The van der Waals surface area contributed by atoms with Gasteiger partial charge in [0.2, 0.25) is 0 Å². The third-order valence-corrected chi connectivity index (χ3v) is 3.17. The van der Waals surface area contributed by atoms with Crippen LogP contribution in [0.15, 0.2) is 0 Å². The van der Waals surface area contributed by atoms with Crippen LogP contribution in [0, 0.1) is 0 Å². The smallest absolute Gasteiger partial charge is 0.320 e. The summed E-state index contributed by atoms with van der Waals surface area (Å²) in [7, 11) is 0.